The maximum Gasteiger partial charge on any atom is 0.416 e. The van der Waals surface area contributed by atoms with Crippen LogP contribution in [-0.4, -0.2) is 42.7 Å². The number of nitrogens with one attached hydrogen (secondary N) is 1. The third kappa shape index (κ3) is 5.76. The molecule has 0 amide bonds. The third-order valence-electron chi connectivity index (χ3n) is 7.86. The molecular formula is C34H31F3N4O. The minimum atomic E-state index is -4.53. The number of hydrogen-bond acceptors (Lipinski definition) is 4. The summed E-state index contributed by atoms with van der Waals surface area (Å²) >= 11 is 0. The summed E-state index contributed by atoms with van der Waals surface area (Å²) in [5.74, 6) is 0. The Morgan fingerprint density at radius 2 is 1.43 bits per heavy atom. The topological polar surface area (TPSA) is 40.5 Å². The van der Waals surface area contributed by atoms with Gasteiger partial charge in [0.25, 0.3) is 5.56 Å². The lowest BCUT2D eigenvalue weighted by Gasteiger charge is -2.34. The molecule has 4 aromatic carbocycles. The molecule has 1 aromatic heterocycles. The Morgan fingerprint density at radius 3 is 2.14 bits per heavy atom. The van der Waals surface area contributed by atoms with Crippen LogP contribution in [0, 0.1) is 0 Å². The molecule has 0 saturated carbocycles. The van der Waals surface area contributed by atoms with Crippen LogP contribution in [0.1, 0.15) is 11.1 Å². The van der Waals surface area contributed by atoms with Gasteiger partial charge in [-0.3, -0.25) is 4.79 Å². The van der Waals surface area contributed by atoms with E-state index in [4.69, 9.17) is 0 Å². The molecule has 0 spiro atoms. The smallest absolute Gasteiger partial charge is 0.369 e. The number of rotatable bonds is 6. The first kappa shape index (κ1) is 27.6. The van der Waals surface area contributed by atoms with Crippen LogP contribution in [0.4, 0.5) is 30.2 Å². The van der Waals surface area contributed by atoms with Gasteiger partial charge in [-0.1, -0.05) is 54.6 Å². The van der Waals surface area contributed by atoms with E-state index in [-0.39, 0.29) is 17.7 Å². The highest BCUT2D eigenvalue weighted by atomic mass is 19.4. The molecule has 5 aromatic rings. The number of hydrogen-bond donors (Lipinski definition) is 1. The second kappa shape index (κ2) is 11.4. The summed E-state index contributed by atoms with van der Waals surface area (Å²) in [6.07, 6.45) is -4.53. The van der Waals surface area contributed by atoms with E-state index >= 15 is 0 Å². The van der Waals surface area contributed by atoms with E-state index in [1.165, 1.54) is 16.7 Å². The number of piperazine rings is 1. The fraction of sp³-hybridized carbons (Fsp3) is 0.206. The van der Waals surface area contributed by atoms with Crippen molar-refractivity contribution >= 4 is 28.0 Å². The fourth-order valence-corrected chi connectivity index (χ4v) is 5.52. The van der Waals surface area contributed by atoms with Crippen molar-refractivity contribution in [1.82, 2.24) is 9.47 Å². The molecule has 8 heteroatoms. The van der Waals surface area contributed by atoms with Gasteiger partial charge in [0.05, 0.1) is 17.6 Å². The van der Waals surface area contributed by atoms with Gasteiger partial charge in [0.15, 0.2) is 0 Å². The fourth-order valence-electron chi connectivity index (χ4n) is 5.52. The van der Waals surface area contributed by atoms with Crippen LogP contribution >= 0.6 is 0 Å². The van der Waals surface area contributed by atoms with E-state index in [1.54, 1.807) is 6.07 Å². The van der Waals surface area contributed by atoms with Gasteiger partial charge in [0, 0.05) is 48.8 Å². The van der Waals surface area contributed by atoms with Gasteiger partial charge in [-0.25, -0.2) is 0 Å². The van der Waals surface area contributed by atoms with Crippen LogP contribution in [-0.2, 0) is 12.7 Å². The number of alkyl halides is 3. The normalized spacial score (nSPS) is 14.3. The zero-order chi connectivity index (χ0) is 29.3. The summed E-state index contributed by atoms with van der Waals surface area (Å²) in [6, 6.07) is 30.3. The molecule has 1 saturated heterocycles. The monoisotopic (exact) mass is 568 g/mol. The van der Waals surface area contributed by atoms with E-state index in [0.29, 0.717) is 16.6 Å². The van der Waals surface area contributed by atoms with Crippen molar-refractivity contribution in [2.45, 2.75) is 12.7 Å². The molecule has 214 valence electrons. The maximum atomic E-state index is 13.9. The van der Waals surface area contributed by atoms with E-state index in [9.17, 15) is 18.0 Å². The SMILES string of the molecule is CN1CCN(c2ccc(Nc3ccc4cc(-c5ccccc5)c(=O)n(Cc5ccccc5C(F)(F)F)c4c3)cc2)CC1. The van der Waals surface area contributed by atoms with Crippen LogP contribution in [0.3, 0.4) is 0 Å². The second-order valence-electron chi connectivity index (χ2n) is 10.7. The summed E-state index contributed by atoms with van der Waals surface area (Å²) < 4.78 is 43.1. The molecule has 42 heavy (non-hydrogen) atoms. The van der Waals surface area contributed by atoms with Crippen molar-refractivity contribution in [3.05, 3.63) is 125 Å². The molecule has 0 atom stereocenters. The van der Waals surface area contributed by atoms with E-state index in [0.717, 1.165) is 54.7 Å². The van der Waals surface area contributed by atoms with Crippen molar-refractivity contribution in [3.63, 3.8) is 0 Å². The molecule has 6 rings (SSSR count). The molecular weight excluding hydrogens is 537 g/mol. The molecule has 2 heterocycles. The predicted molar refractivity (Wildman–Crippen MR) is 164 cm³/mol. The predicted octanol–water partition coefficient (Wildman–Crippen LogP) is 7.23. The van der Waals surface area contributed by atoms with Gasteiger partial charge >= 0.3 is 6.18 Å². The molecule has 1 fully saturated rings. The van der Waals surface area contributed by atoms with Gasteiger partial charge in [-0.15, -0.1) is 0 Å². The van der Waals surface area contributed by atoms with E-state index < -0.39 is 11.7 Å². The van der Waals surface area contributed by atoms with E-state index in [1.807, 2.05) is 66.7 Å². The van der Waals surface area contributed by atoms with E-state index in [2.05, 4.69) is 34.3 Å². The zero-order valence-corrected chi connectivity index (χ0v) is 23.2. The Labute approximate surface area is 242 Å². The molecule has 5 nitrogen and oxygen atoms in total. The Balaban J connectivity index is 1.38. The lowest BCUT2D eigenvalue weighted by atomic mass is 10.0. The number of pyridine rings is 1. The molecule has 1 aliphatic rings. The quantitative estimate of drug-likeness (QED) is 0.235. The Morgan fingerprint density at radius 1 is 0.762 bits per heavy atom. The highest BCUT2D eigenvalue weighted by Crippen LogP contribution is 2.33. The Hall–Kier alpha value is -4.56. The molecule has 1 N–H and O–H groups in total. The summed E-state index contributed by atoms with van der Waals surface area (Å²) in [6.45, 7) is 3.80. The third-order valence-corrected chi connectivity index (χ3v) is 7.86. The minimum Gasteiger partial charge on any atom is -0.369 e. The molecule has 0 radical (unpaired) electrons. The highest BCUT2D eigenvalue weighted by Gasteiger charge is 2.33. The largest absolute Gasteiger partial charge is 0.416 e. The number of nitrogens with zero attached hydrogens (tertiary/aromatic N) is 3. The lowest BCUT2D eigenvalue weighted by Crippen LogP contribution is -2.44. The van der Waals surface area contributed by atoms with Crippen molar-refractivity contribution in [3.8, 4) is 11.1 Å². The van der Waals surface area contributed by atoms with Gasteiger partial charge < -0.3 is 19.7 Å². The van der Waals surface area contributed by atoms with Gasteiger partial charge in [-0.05, 0) is 72.1 Å². The number of aromatic nitrogens is 1. The average molecular weight is 569 g/mol. The van der Waals surface area contributed by atoms with Crippen LogP contribution in [0.5, 0.6) is 0 Å². The molecule has 0 aliphatic carbocycles. The van der Waals surface area contributed by atoms with Crippen LogP contribution in [0.15, 0.2) is 108 Å². The Bertz CT molecular complexity index is 1760. The maximum absolute atomic E-state index is 13.9. The first-order valence-corrected chi connectivity index (χ1v) is 13.9. The zero-order valence-electron chi connectivity index (χ0n) is 23.2. The average Bonchev–Trinajstić information content (AvgIpc) is 2.99. The van der Waals surface area contributed by atoms with Gasteiger partial charge in [0.1, 0.15) is 0 Å². The lowest BCUT2D eigenvalue weighted by molar-refractivity contribution is -0.138. The molecule has 0 unspecified atom stereocenters. The van der Waals surface area contributed by atoms with Crippen molar-refractivity contribution in [2.75, 3.05) is 43.4 Å². The summed E-state index contributed by atoms with van der Waals surface area (Å²) in [5.41, 5.74) is 3.43. The molecule has 1 aliphatic heterocycles. The van der Waals surface area contributed by atoms with Gasteiger partial charge in [0.2, 0.25) is 0 Å². The van der Waals surface area contributed by atoms with Crippen molar-refractivity contribution < 1.29 is 13.2 Å². The first-order valence-electron chi connectivity index (χ1n) is 13.9. The summed E-state index contributed by atoms with van der Waals surface area (Å²) in [4.78, 5) is 18.6. The summed E-state index contributed by atoms with van der Waals surface area (Å²) in [7, 11) is 2.13. The summed E-state index contributed by atoms with van der Waals surface area (Å²) in [5, 5.41) is 4.16. The minimum absolute atomic E-state index is 0.0384. The van der Waals surface area contributed by atoms with Crippen LogP contribution in [0.2, 0.25) is 0 Å². The van der Waals surface area contributed by atoms with Crippen molar-refractivity contribution in [1.29, 1.82) is 0 Å². The highest BCUT2D eigenvalue weighted by molar-refractivity contribution is 5.87. The number of likely N-dealkylation sites (N-methyl/N-ethyl adjacent to an activating group) is 1. The van der Waals surface area contributed by atoms with Crippen molar-refractivity contribution in [2.24, 2.45) is 0 Å². The Kier molecular flexibility index (Phi) is 7.47. The van der Waals surface area contributed by atoms with Crippen LogP contribution < -0.4 is 15.8 Å². The standard InChI is InChI=1S/C34H31F3N4O/c1-39-17-19-40(20-18-39)29-15-13-27(14-16-29)38-28-12-11-25-21-30(24-7-3-2-4-8-24)33(42)41(32(25)22-28)23-26-9-5-6-10-31(26)34(35,36)37/h2-16,21-22,38H,17-20,23H2,1H3. The number of fused-ring (bicyclic) bond motifs is 1. The number of halogens is 3. The number of anilines is 3. The molecule has 0 bridgehead atoms. The van der Waals surface area contributed by atoms with Gasteiger partial charge in [-0.2, -0.15) is 13.2 Å². The number of benzene rings is 4. The first-order chi connectivity index (χ1) is 20.3. The second-order valence-corrected chi connectivity index (χ2v) is 10.7. The van der Waals surface area contributed by atoms with Crippen LogP contribution in [0.25, 0.3) is 22.0 Å².